The van der Waals surface area contributed by atoms with Gasteiger partial charge in [-0.05, 0) is 35.9 Å². The fourth-order valence-corrected chi connectivity index (χ4v) is 3.92. The van der Waals surface area contributed by atoms with Crippen LogP contribution in [0.25, 0.3) is 27.9 Å². The lowest BCUT2D eigenvalue weighted by atomic mass is 10.1. The van der Waals surface area contributed by atoms with E-state index < -0.39 is 6.98 Å². The van der Waals surface area contributed by atoms with Gasteiger partial charge in [-0.3, -0.25) is 0 Å². The van der Waals surface area contributed by atoms with Crippen LogP contribution >= 0.6 is 0 Å². The second kappa shape index (κ2) is 8.93. The molecule has 0 radical (unpaired) electrons. The quantitative estimate of drug-likeness (QED) is 0.366. The van der Waals surface area contributed by atoms with Crippen molar-refractivity contribution in [2.75, 3.05) is 37.9 Å². The molecule has 0 unspecified atom stereocenters. The van der Waals surface area contributed by atoms with Gasteiger partial charge in [-0.1, -0.05) is 12.1 Å². The Balaban J connectivity index is 1.41. The maximum atomic E-state index is 8.22. The molecule has 1 aromatic carbocycles. The van der Waals surface area contributed by atoms with Gasteiger partial charge in [0.1, 0.15) is 28.9 Å². The molecule has 1 fully saturated rings. The topological polar surface area (TPSA) is 126 Å². The molecule has 0 bridgehead atoms. The Morgan fingerprint density at radius 2 is 2.00 bits per heavy atom. The summed E-state index contributed by atoms with van der Waals surface area (Å²) in [4.78, 5) is 10.4. The highest BCUT2D eigenvalue weighted by Crippen LogP contribution is 2.32. The Morgan fingerprint density at radius 3 is 2.75 bits per heavy atom. The number of fused-ring (bicyclic) bond motifs is 2. The van der Waals surface area contributed by atoms with Crippen molar-refractivity contribution in [1.82, 2.24) is 29.8 Å². The van der Waals surface area contributed by atoms with Gasteiger partial charge in [0, 0.05) is 34.8 Å². The van der Waals surface area contributed by atoms with E-state index >= 15 is 0 Å². The molecule has 11 heteroatoms. The van der Waals surface area contributed by atoms with Gasteiger partial charge < -0.3 is 24.8 Å². The van der Waals surface area contributed by atoms with E-state index in [1.807, 2.05) is 6.07 Å². The number of hydrogen-bond donors (Lipinski definition) is 1. The molecule has 0 aliphatic carbocycles. The summed E-state index contributed by atoms with van der Waals surface area (Å²) >= 11 is 0. The summed E-state index contributed by atoms with van der Waals surface area (Å²) < 4.78 is 42.5. The molecule has 36 heavy (non-hydrogen) atoms. The van der Waals surface area contributed by atoms with E-state index in [-0.39, 0.29) is 29.8 Å². The molecule has 182 valence electrons. The SMILES string of the molecule is [2H]C([2H])([2H])N(Cc1ccc(OC)cc1)c1ncc(-c2nc3ccc(OC4COC4)cn3n2)c2cc(N)nnc12. The summed E-state index contributed by atoms with van der Waals surface area (Å²) in [6, 6.07) is 12.4. The lowest BCUT2D eigenvalue weighted by molar-refractivity contribution is -0.0798. The molecular weight excluding hydrogens is 460 g/mol. The molecule has 2 N–H and O–H groups in total. The first-order valence-electron chi connectivity index (χ1n) is 12.7. The van der Waals surface area contributed by atoms with E-state index in [0.717, 1.165) is 5.56 Å². The Kier molecular flexibility index (Phi) is 4.66. The molecule has 11 nitrogen and oxygen atoms in total. The van der Waals surface area contributed by atoms with Gasteiger partial charge in [-0.25, -0.2) is 14.5 Å². The molecule has 1 aliphatic heterocycles. The van der Waals surface area contributed by atoms with E-state index in [0.29, 0.717) is 47.1 Å². The predicted octanol–water partition coefficient (Wildman–Crippen LogP) is 2.74. The number of ether oxygens (including phenoxy) is 3. The van der Waals surface area contributed by atoms with E-state index in [1.54, 1.807) is 54.2 Å². The zero-order valence-electron chi connectivity index (χ0n) is 22.3. The van der Waals surface area contributed by atoms with Crippen molar-refractivity contribution in [3.63, 3.8) is 0 Å². The van der Waals surface area contributed by atoms with Crippen molar-refractivity contribution in [2.24, 2.45) is 0 Å². The minimum absolute atomic E-state index is 0.0202. The van der Waals surface area contributed by atoms with E-state index in [9.17, 15) is 0 Å². The molecule has 0 atom stereocenters. The lowest BCUT2D eigenvalue weighted by Crippen LogP contribution is -2.38. The zero-order valence-corrected chi connectivity index (χ0v) is 19.3. The maximum Gasteiger partial charge on any atom is 0.184 e. The standard InChI is InChI=1S/C25H24N8O3/c1-32(11-15-3-5-16(34-2)6-4-15)25-23-19(9-21(26)29-30-23)20(10-27-25)24-28-22-8-7-17(12-33(22)31-24)36-18-13-35-14-18/h3-10,12,18H,11,13-14H2,1-2H3,(H2,26,29)/i1D3. The molecule has 0 saturated carbocycles. The summed E-state index contributed by atoms with van der Waals surface area (Å²) in [7, 11) is 1.57. The monoisotopic (exact) mass is 487 g/mol. The largest absolute Gasteiger partial charge is 0.497 e. The van der Waals surface area contributed by atoms with Crippen molar-refractivity contribution in [3.05, 3.63) is 60.4 Å². The van der Waals surface area contributed by atoms with Gasteiger partial charge in [0.15, 0.2) is 17.3 Å². The number of hydrogen-bond acceptors (Lipinski definition) is 10. The van der Waals surface area contributed by atoms with Crippen LogP contribution in [0.2, 0.25) is 0 Å². The number of nitrogens with zero attached hydrogens (tertiary/aromatic N) is 7. The molecular formula is C25H24N8O3. The Hall–Kier alpha value is -4.51. The first kappa shape index (κ1) is 18.8. The average Bonchev–Trinajstić information content (AvgIpc) is 3.31. The van der Waals surface area contributed by atoms with Crippen LogP contribution in [0.3, 0.4) is 0 Å². The van der Waals surface area contributed by atoms with E-state index in [1.165, 1.54) is 11.1 Å². The van der Waals surface area contributed by atoms with Crippen LogP contribution in [0.5, 0.6) is 11.5 Å². The summed E-state index contributed by atoms with van der Waals surface area (Å²) in [6.45, 7) is -1.36. The van der Waals surface area contributed by atoms with Crippen molar-refractivity contribution < 1.29 is 18.3 Å². The van der Waals surface area contributed by atoms with E-state index in [2.05, 4.69) is 25.3 Å². The maximum absolute atomic E-state index is 8.22. The lowest BCUT2D eigenvalue weighted by Gasteiger charge is -2.26. The molecule has 1 saturated heterocycles. The van der Waals surface area contributed by atoms with Gasteiger partial charge in [-0.15, -0.1) is 15.3 Å². The van der Waals surface area contributed by atoms with Crippen molar-refractivity contribution in [1.29, 1.82) is 0 Å². The molecule has 5 aromatic rings. The highest BCUT2D eigenvalue weighted by Gasteiger charge is 2.21. The third-order valence-electron chi connectivity index (χ3n) is 5.84. The third-order valence-corrected chi connectivity index (χ3v) is 5.84. The van der Waals surface area contributed by atoms with Crippen LogP contribution in [0.4, 0.5) is 11.6 Å². The minimum atomic E-state index is -2.52. The van der Waals surface area contributed by atoms with Crippen molar-refractivity contribution >= 4 is 28.2 Å². The van der Waals surface area contributed by atoms with Gasteiger partial charge in [0.25, 0.3) is 0 Å². The number of nitrogens with two attached hydrogens (primary N) is 1. The molecule has 5 heterocycles. The van der Waals surface area contributed by atoms with Gasteiger partial charge in [0.05, 0.1) is 26.5 Å². The fraction of sp³-hybridized carbons (Fsp3) is 0.240. The molecule has 1 aliphatic rings. The van der Waals surface area contributed by atoms with Crippen LogP contribution in [-0.4, -0.2) is 63.2 Å². The van der Waals surface area contributed by atoms with E-state index in [4.69, 9.17) is 24.1 Å². The van der Waals surface area contributed by atoms with Crippen molar-refractivity contribution in [2.45, 2.75) is 12.6 Å². The fourth-order valence-electron chi connectivity index (χ4n) is 3.92. The Bertz CT molecular complexity index is 1660. The zero-order chi connectivity index (χ0) is 27.1. The normalized spacial score (nSPS) is 15.2. The number of nitrogen functional groups attached to an aromatic ring is 1. The number of methoxy groups -OCH3 is 1. The summed E-state index contributed by atoms with van der Waals surface area (Å²) in [5.41, 5.74) is 8.13. The van der Waals surface area contributed by atoms with Crippen molar-refractivity contribution in [3.8, 4) is 22.9 Å². The van der Waals surface area contributed by atoms with Gasteiger partial charge in [0.2, 0.25) is 0 Å². The second-order valence-corrected chi connectivity index (χ2v) is 8.34. The molecule has 6 rings (SSSR count). The number of aromatic nitrogens is 6. The Morgan fingerprint density at radius 1 is 1.17 bits per heavy atom. The van der Waals surface area contributed by atoms with Crippen LogP contribution in [0, 0.1) is 0 Å². The number of rotatable bonds is 7. The van der Waals surface area contributed by atoms with Crippen LogP contribution in [-0.2, 0) is 11.3 Å². The first-order valence-corrected chi connectivity index (χ1v) is 11.2. The minimum Gasteiger partial charge on any atom is -0.497 e. The predicted molar refractivity (Wildman–Crippen MR) is 134 cm³/mol. The summed E-state index contributed by atoms with van der Waals surface area (Å²) in [6.07, 6.45) is 3.29. The second-order valence-electron chi connectivity index (χ2n) is 8.34. The van der Waals surface area contributed by atoms with Gasteiger partial charge in [-0.2, -0.15) is 0 Å². The molecule has 0 amide bonds. The number of benzene rings is 1. The Labute approximate surface area is 210 Å². The smallest absolute Gasteiger partial charge is 0.184 e. The highest BCUT2D eigenvalue weighted by molar-refractivity contribution is 5.99. The summed E-state index contributed by atoms with van der Waals surface area (Å²) in [5, 5.41) is 13.4. The first-order chi connectivity index (χ1) is 18.8. The highest BCUT2D eigenvalue weighted by atomic mass is 16.6. The summed E-state index contributed by atoms with van der Waals surface area (Å²) in [5.74, 6) is 1.99. The molecule has 0 spiro atoms. The number of pyridine rings is 2. The van der Waals surface area contributed by atoms with Crippen LogP contribution < -0.4 is 20.1 Å². The molecule has 4 aromatic heterocycles. The van der Waals surface area contributed by atoms with Crippen LogP contribution in [0.15, 0.2) is 54.9 Å². The number of anilines is 2. The third kappa shape index (κ3) is 4.09. The van der Waals surface area contributed by atoms with Gasteiger partial charge >= 0.3 is 0 Å². The average molecular weight is 488 g/mol. The van der Waals surface area contributed by atoms with Crippen LogP contribution in [0.1, 0.15) is 9.68 Å².